The molecule has 3 heterocycles. The normalized spacial score (nSPS) is 21.3. The molecule has 2 amide bonds. The maximum absolute atomic E-state index is 14.3. The molecule has 0 aliphatic carbocycles. The molecule has 0 unspecified atom stereocenters. The molecule has 0 spiro atoms. The van der Waals surface area contributed by atoms with Crippen molar-refractivity contribution in [3.63, 3.8) is 0 Å². The van der Waals surface area contributed by atoms with Crippen molar-refractivity contribution in [2.45, 2.75) is 61.8 Å². The molecule has 10 nitrogen and oxygen atoms in total. The van der Waals surface area contributed by atoms with Gasteiger partial charge in [0.1, 0.15) is 0 Å². The minimum atomic E-state index is -1.80. The molecule has 2 aromatic rings. The van der Waals surface area contributed by atoms with E-state index in [0.717, 1.165) is 41.5 Å². The van der Waals surface area contributed by atoms with Crippen LogP contribution >= 0.6 is 0 Å². The number of hydrogen-bond acceptors (Lipinski definition) is 7. The van der Waals surface area contributed by atoms with E-state index < -0.39 is 36.2 Å². The van der Waals surface area contributed by atoms with E-state index in [2.05, 4.69) is 38.7 Å². The van der Waals surface area contributed by atoms with E-state index >= 15 is 0 Å². The van der Waals surface area contributed by atoms with Gasteiger partial charge in [-0.2, -0.15) is 0 Å². The second-order valence-electron chi connectivity index (χ2n) is 13.7. The molecule has 5 rings (SSSR count). The third-order valence-electron chi connectivity index (χ3n) is 9.39. The summed E-state index contributed by atoms with van der Waals surface area (Å²) in [4.78, 5) is 52.7. The Morgan fingerprint density at radius 1 is 1.13 bits per heavy atom. The number of hydrogen-bond donors (Lipinski definition) is 1. The van der Waals surface area contributed by atoms with Gasteiger partial charge in [0.05, 0.1) is 7.11 Å². The van der Waals surface area contributed by atoms with E-state index in [9.17, 15) is 19.5 Å². The number of anilines is 1. The number of methoxy groups -OCH3 is 1. The van der Waals surface area contributed by atoms with Crippen LogP contribution in [0, 0.1) is 5.92 Å². The first kappa shape index (κ1) is 35.3. The topological polar surface area (TPSA) is 109 Å². The maximum atomic E-state index is 14.3. The Labute approximate surface area is 283 Å². The number of unbranched alkanes of at least 4 members (excludes halogenated alkanes) is 1. The number of aliphatic carboxylic acids is 1. The average Bonchev–Trinajstić information content (AvgIpc) is 3.75. The molecule has 3 atom stereocenters. The number of benzene rings is 2. The van der Waals surface area contributed by atoms with Crippen molar-refractivity contribution < 1.29 is 52.1 Å². The standard InChI is InChI=1S/C36H51IN3O7/c1-6-7-17-40(27-12-8-11-25(18-27)21-37(2,3)4)33(42)23-39-22-28(26-19-30(45-5)35-31(20-26)46-24-47-35)34(36(43)44)29(39)13-9-15-38-16-10-14-32(38)41/h8,11-12,18-20,28-29,34H,6-7,9-10,13-17,21-24H2,1-5H3,(H,43,44)/q-1/t28-,29+,34-/m1/s1. The molecular formula is C36H51IN3O7-. The van der Waals surface area contributed by atoms with Gasteiger partial charge in [-0.05, 0) is 6.42 Å². The van der Waals surface area contributed by atoms with Crippen molar-refractivity contribution in [1.82, 2.24) is 9.80 Å². The Hall–Kier alpha value is -3.06. The number of carboxylic acid groups (broad SMARTS) is 1. The van der Waals surface area contributed by atoms with Crippen LogP contribution < -0.4 is 37.5 Å². The number of fused-ring (bicyclic) bond motifs is 1. The SMILES string of the molecule is CCCCN(C(=O)CN1C[C@H](c2cc(OC)c3c(c2)OCO3)[C@@H](C(=O)O)[C@@H]1CCCN1CCCC1=O)c1cccc(C[I-](C)(C)C)c1. The zero-order valence-corrected chi connectivity index (χ0v) is 30.7. The van der Waals surface area contributed by atoms with Gasteiger partial charge < -0.3 is 19.1 Å². The summed E-state index contributed by atoms with van der Waals surface area (Å²) in [6.07, 6.45) is 4.50. The Kier molecular flexibility index (Phi) is 11.6. The first-order valence-corrected chi connectivity index (χ1v) is 24.6. The van der Waals surface area contributed by atoms with Crippen molar-refractivity contribution in [1.29, 1.82) is 0 Å². The van der Waals surface area contributed by atoms with Gasteiger partial charge in [0, 0.05) is 13.0 Å². The quantitative estimate of drug-likeness (QED) is 0.216. The number of ether oxygens (including phenoxy) is 3. The van der Waals surface area contributed by atoms with Gasteiger partial charge in [-0.1, -0.05) is 0 Å². The van der Waals surface area contributed by atoms with Crippen LogP contribution in [0.25, 0.3) is 0 Å². The van der Waals surface area contributed by atoms with Crippen LogP contribution in [0.5, 0.6) is 17.2 Å². The molecule has 11 heteroatoms. The Morgan fingerprint density at radius 3 is 2.62 bits per heavy atom. The third-order valence-corrected chi connectivity index (χ3v) is 12.6. The molecule has 0 bridgehead atoms. The van der Waals surface area contributed by atoms with Crippen molar-refractivity contribution in [2.75, 3.05) is 66.3 Å². The van der Waals surface area contributed by atoms with Crippen LogP contribution in [0.2, 0.25) is 0 Å². The van der Waals surface area contributed by atoms with E-state index in [-0.39, 0.29) is 31.2 Å². The van der Waals surface area contributed by atoms with Gasteiger partial charge in [0.2, 0.25) is 18.4 Å². The predicted molar refractivity (Wildman–Crippen MR) is 179 cm³/mol. The van der Waals surface area contributed by atoms with Crippen LogP contribution in [-0.4, -0.2) is 100 Å². The van der Waals surface area contributed by atoms with Gasteiger partial charge in [-0.3, -0.25) is 4.79 Å². The molecule has 3 aliphatic heterocycles. The molecular weight excluding hydrogens is 713 g/mol. The van der Waals surface area contributed by atoms with Crippen LogP contribution in [0.3, 0.4) is 0 Å². The van der Waals surface area contributed by atoms with Gasteiger partial charge >= 0.3 is 204 Å². The van der Waals surface area contributed by atoms with Crippen LogP contribution in [0.1, 0.15) is 62.5 Å². The number of likely N-dealkylation sites (tertiary alicyclic amines) is 2. The minimum absolute atomic E-state index is 0.0278. The molecule has 0 saturated carbocycles. The molecule has 260 valence electrons. The van der Waals surface area contributed by atoms with E-state index in [1.807, 2.05) is 34.1 Å². The number of carboxylic acids is 1. The van der Waals surface area contributed by atoms with E-state index in [4.69, 9.17) is 14.2 Å². The number of nitrogens with zero attached hydrogens (tertiary/aromatic N) is 3. The summed E-state index contributed by atoms with van der Waals surface area (Å²) in [5.74, 6) is -0.363. The number of halogens is 1. The number of alkyl halides is 4. The summed E-state index contributed by atoms with van der Waals surface area (Å²) in [6, 6.07) is 11.7. The van der Waals surface area contributed by atoms with Gasteiger partial charge in [0.15, 0.2) is 11.5 Å². The van der Waals surface area contributed by atoms with E-state index in [1.54, 1.807) is 7.11 Å². The Morgan fingerprint density at radius 2 is 1.94 bits per heavy atom. The summed E-state index contributed by atoms with van der Waals surface area (Å²) < 4.78 is 18.0. The predicted octanol–water partition coefficient (Wildman–Crippen LogP) is 1.68. The van der Waals surface area contributed by atoms with Crippen LogP contribution in [0.4, 0.5) is 5.69 Å². The van der Waals surface area contributed by atoms with E-state index in [1.165, 1.54) is 5.56 Å². The molecule has 0 aromatic heterocycles. The van der Waals surface area contributed by atoms with Crippen LogP contribution in [0.15, 0.2) is 36.4 Å². The molecule has 2 saturated heterocycles. The fourth-order valence-corrected chi connectivity index (χ4v) is 10.3. The Bertz CT molecular complexity index is 1440. The average molecular weight is 765 g/mol. The first-order valence-electron chi connectivity index (χ1n) is 16.6. The summed E-state index contributed by atoms with van der Waals surface area (Å²) in [5, 5.41) is 10.7. The number of carbonyl (C=O) groups is 3. The fourth-order valence-electron chi connectivity index (χ4n) is 7.23. The number of rotatable bonds is 15. The van der Waals surface area contributed by atoms with Gasteiger partial charge in [-0.25, -0.2) is 0 Å². The molecule has 1 N–H and O–H groups in total. The second-order valence-corrected chi connectivity index (χ2v) is 25.5. The molecule has 47 heavy (non-hydrogen) atoms. The summed E-state index contributed by atoms with van der Waals surface area (Å²) in [7, 11) is 1.56. The molecule has 2 aromatic carbocycles. The summed E-state index contributed by atoms with van der Waals surface area (Å²) in [5.41, 5.74) is 2.96. The molecule has 3 aliphatic rings. The number of amides is 2. The van der Waals surface area contributed by atoms with Crippen molar-refractivity contribution >= 4 is 23.5 Å². The fraction of sp³-hybridized carbons (Fsp3) is 0.583. The monoisotopic (exact) mass is 764 g/mol. The first-order chi connectivity index (χ1) is 22.5. The van der Waals surface area contributed by atoms with Crippen molar-refractivity contribution in [3.05, 3.63) is 47.5 Å². The zero-order chi connectivity index (χ0) is 33.7. The van der Waals surface area contributed by atoms with Gasteiger partial charge in [-0.15, -0.1) is 0 Å². The zero-order valence-electron chi connectivity index (χ0n) is 28.5. The Balaban J connectivity index is 1.44. The second kappa shape index (κ2) is 15.4. The van der Waals surface area contributed by atoms with E-state index in [0.29, 0.717) is 56.1 Å². The van der Waals surface area contributed by atoms with Gasteiger partial charge in [0.25, 0.3) is 0 Å². The van der Waals surface area contributed by atoms with Crippen molar-refractivity contribution in [3.8, 4) is 17.2 Å². The number of carbonyl (C=O) groups excluding carboxylic acids is 2. The molecule has 2 fully saturated rings. The van der Waals surface area contributed by atoms with Crippen LogP contribution in [-0.2, 0) is 18.8 Å². The summed E-state index contributed by atoms with van der Waals surface area (Å²) in [6.45, 7) is 4.66. The molecule has 0 radical (unpaired) electrons. The third kappa shape index (κ3) is 8.51. The summed E-state index contributed by atoms with van der Waals surface area (Å²) >= 11 is -1.80. The van der Waals surface area contributed by atoms with Crippen molar-refractivity contribution in [2.24, 2.45) is 5.92 Å².